The second-order valence-electron chi connectivity index (χ2n) is 4.37. The van der Waals surface area contributed by atoms with Crippen molar-refractivity contribution >= 4 is 0 Å². The Morgan fingerprint density at radius 1 is 1.00 bits per heavy atom. The molecule has 2 fully saturated rings. The summed E-state index contributed by atoms with van der Waals surface area (Å²) < 4.78 is 0. The summed E-state index contributed by atoms with van der Waals surface area (Å²) in [5.74, 6) is 0. The fourth-order valence-electron chi connectivity index (χ4n) is 2.58. The summed E-state index contributed by atoms with van der Waals surface area (Å²) in [6.45, 7) is 2.26. The van der Waals surface area contributed by atoms with Crippen LogP contribution in [-0.2, 0) is 0 Å². The van der Waals surface area contributed by atoms with Gasteiger partial charge in [0.2, 0.25) is 0 Å². The number of fused-ring (bicyclic) bond motifs is 1. The Balaban J connectivity index is 2.19. The highest BCUT2D eigenvalue weighted by atomic mass is 16.4. The minimum atomic E-state index is -1.10. The van der Waals surface area contributed by atoms with Crippen LogP contribution in [0.3, 0.4) is 0 Å². The molecule has 4 N–H and O–H groups in total. The van der Waals surface area contributed by atoms with Crippen LogP contribution in [0.1, 0.15) is 13.3 Å². The maximum atomic E-state index is 9.69. The molecule has 2 heterocycles. The molecule has 2 saturated heterocycles. The fraction of sp³-hybridized carbons (Fsp3) is 1.00. The first-order valence-electron chi connectivity index (χ1n) is 5.00. The van der Waals surface area contributed by atoms with E-state index in [1.807, 2.05) is 4.90 Å². The van der Waals surface area contributed by atoms with Gasteiger partial charge in [-0.2, -0.15) is 0 Å². The summed E-state index contributed by atoms with van der Waals surface area (Å²) in [5, 5.41) is 38.3. The summed E-state index contributed by atoms with van der Waals surface area (Å²) in [7, 11) is 0. The zero-order valence-electron chi connectivity index (χ0n) is 8.11. The molecule has 0 unspecified atom stereocenters. The average molecular weight is 203 g/mol. The number of nitrogens with zero attached hydrogens (tertiary/aromatic N) is 1. The van der Waals surface area contributed by atoms with Crippen molar-refractivity contribution in [2.24, 2.45) is 0 Å². The monoisotopic (exact) mass is 203 g/mol. The zero-order chi connectivity index (χ0) is 10.5. The largest absolute Gasteiger partial charge is 0.392 e. The van der Waals surface area contributed by atoms with Crippen LogP contribution in [0.5, 0.6) is 0 Å². The number of hydrogen-bond donors (Lipinski definition) is 4. The predicted octanol–water partition coefficient (Wildman–Crippen LogP) is -2.09. The molecular weight excluding hydrogens is 186 g/mol. The quantitative estimate of drug-likeness (QED) is 0.363. The highest BCUT2D eigenvalue weighted by Gasteiger charge is 2.49. The van der Waals surface area contributed by atoms with Gasteiger partial charge < -0.3 is 20.4 Å². The van der Waals surface area contributed by atoms with E-state index >= 15 is 0 Å². The number of aliphatic hydroxyl groups excluding tert-OH is 4. The minimum absolute atomic E-state index is 0.212. The molecule has 0 aliphatic carbocycles. The lowest BCUT2D eigenvalue weighted by atomic mass is 9.89. The Morgan fingerprint density at radius 3 is 2.29 bits per heavy atom. The Morgan fingerprint density at radius 2 is 1.64 bits per heavy atom. The molecule has 5 nitrogen and oxygen atoms in total. The number of hydrogen-bond acceptors (Lipinski definition) is 5. The molecule has 0 bridgehead atoms. The van der Waals surface area contributed by atoms with Gasteiger partial charge in [-0.05, 0) is 13.3 Å². The van der Waals surface area contributed by atoms with Crippen molar-refractivity contribution in [2.75, 3.05) is 6.54 Å². The normalized spacial score (nSPS) is 54.6. The average Bonchev–Trinajstić information content (AvgIpc) is 2.54. The third-order valence-electron chi connectivity index (χ3n) is 3.47. The van der Waals surface area contributed by atoms with Crippen molar-refractivity contribution < 1.29 is 20.4 Å². The van der Waals surface area contributed by atoms with E-state index in [0.29, 0.717) is 13.0 Å². The van der Waals surface area contributed by atoms with Crippen LogP contribution < -0.4 is 0 Å². The Hall–Kier alpha value is -0.200. The second kappa shape index (κ2) is 3.43. The van der Waals surface area contributed by atoms with Gasteiger partial charge in [0.1, 0.15) is 6.10 Å². The molecule has 14 heavy (non-hydrogen) atoms. The Labute approximate surface area is 82.6 Å². The van der Waals surface area contributed by atoms with E-state index in [4.69, 9.17) is 0 Å². The van der Waals surface area contributed by atoms with Gasteiger partial charge >= 0.3 is 0 Å². The molecule has 0 radical (unpaired) electrons. The van der Waals surface area contributed by atoms with Gasteiger partial charge in [-0.15, -0.1) is 0 Å². The first-order valence-corrected chi connectivity index (χ1v) is 5.00. The maximum Gasteiger partial charge on any atom is 0.109 e. The maximum absolute atomic E-state index is 9.69. The van der Waals surface area contributed by atoms with Gasteiger partial charge in [-0.25, -0.2) is 0 Å². The van der Waals surface area contributed by atoms with E-state index in [2.05, 4.69) is 0 Å². The van der Waals surface area contributed by atoms with Crippen LogP contribution >= 0.6 is 0 Å². The van der Waals surface area contributed by atoms with Gasteiger partial charge in [-0.1, -0.05) is 0 Å². The Bertz CT molecular complexity index is 203. The van der Waals surface area contributed by atoms with Crippen LogP contribution in [0, 0.1) is 0 Å². The molecule has 2 aliphatic heterocycles. The van der Waals surface area contributed by atoms with E-state index in [-0.39, 0.29) is 12.1 Å². The molecule has 0 aromatic carbocycles. The molecule has 0 spiro atoms. The number of aliphatic hydroxyl groups is 4. The fourth-order valence-corrected chi connectivity index (χ4v) is 2.58. The molecule has 0 aromatic heterocycles. The van der Waals surface area contributed by atoms with Gasteiger partial charge in [-0.3, -0.25) is 4.90 Å². The predicted molar refractivity (Wildman–Crippen MR) is 48.6 cm³/mol. The molecule has 5 heteroatoms. The van der Waals surface area contributed by atoms with Crippen molar-refractivity contribution in [3.63, 3.8) is 0 Å². The zero-order valence-corrected chi connectivity index (χ0v) is 8.11. The van der Waals surface area contributed by atoms with E-state index < -0.39 is 24.4 Å². The molecule has 2 rings (SSSR count). The lowest BCUT2D eigenvalue weighted by molar-refractivity contribution is -0.149. The van der Waals surface area contributed by atoms with Crippen molar-refractivity contribution in [3.05, 3.63) is 0 Å². The molecule has 82 valence electrons. The smallest absolute Gasteiger partial charge is 0.109 e. The standard InChI is InChI=1S/C9H17NO4/c1-4-7(12)9(14)8(13)6-2-5(11)3-10(4)6/h4-9,11-14H,2-3H2,1H3/t4-,5+,6-,7+,8+,9+/m0/s1. The van der Waals surface area contributed by atoms with E-state index in [9.17, 15) is 20.4 Å². The lowest BCUT2D eigenvalue weighted by Gasteiger charge is -2.44. The van der Waals surface area contributed by atoms with Crippen molar-refractivity contribution in [2.45, 2.75) is 49.8 Å². The number of piperidine rings is 1. The van der Waals surface area contributed by atoms with Gasteiger partial charge in [0.25, 0.3) is 0 Å². The molecule has 6 atom stereocenters. The van der Waals surface area contributed by atoms with Crippen molar-refractivity contribution in [1.82, 2.24) is 4.90 Å². The van der Waals surface area contributed by atoms with Crippen molar-refractivity contribution in [1.29, 1.82) is 0 Å². The van der Waals surface area contributed by atoms with Crippen LogP contribution in [0.25, 0.3) is 0 Å². The summed E-state index contributed by atoms with van der Waals surface area (Å²) in [4.78, 5) is 1.87. The molecule has 0 aromatic rings. The van der Waals surface area contributed by atoms with Gasteiger partial charge in [0.15, 0.2) is 0 Å². The lowest BCUT2D eigenvalue weighted by Crippen LogP contribution is -2.63. The number of rotatable bonds is 0. The third kappa shape index (κ3) is 1.36. The highest BCUT2D eigenvalue weighted by molar-refractivity contribution is 5.03. The SMILES string of the molecule is C[C@H]1[C@@H](O)[C@@H](O)[C@H](O)[C@@H]2C[C@@H](O)CN12. The van der Waals surface area contributed by atoms with Crippen LogP contribution in [0.4, 0.5) is 0 Å². The van der Waals surface area contributed by atoms with Crippen LogP contribution in [0.15, 0.2) is 0 Å². The first kappa shape index (κ1) is 10.3. The van der Waals surface area contributed by atoms with Crippen molar-refractivity contribution in [3.8, 4) is 0 Å². The molecular formula is C9H17NO4. The van der Waals surface area contributed by atoms with Crippen LogP contribution in [-0.4, -0.2) is 68.4 Å². The molecule has 0 saturated carbocycles. The van der Waals surface area contributed by atoms with Crippen LogP contribution in [0.2, 0.25) is 0 Å². The van der Waals surface area contributed by atoms with E-state index in [1.165, 1.54) is 0 Å². The topological polar surface area (TPSA) is 84.2 Å². The second-order valence-corrected chi connectivity index (χ2v) is 4.37. The summed E-state index contributed by atoms with van der Waals surface area (Å²) in [5.41, 5.74) is 0. The Kier molecular flexibility index (Phi) is 2.53. The molecule has 0 amide bonds. The third-order valence-corrected chi connectivity index (χ3v) is 3.47. The van der Waals surface area contributed by atoms with E-state index in [1.54, 1.807) is 6.92 Å². The highest BCUT2D eigenvalue weighted by Crippen LogP contribution is 2.31. The summed E-state index contributed by atoms with van der Waals surface area (Å²) in [6.07, 6.45) is -2.99. The summed E-state index contributed by atoms with van der Waals surface area (Å²) >= 11 is 0. The first-order chi connectivity index (χ1) is 6.52. The van der Waals surface area contributed by atoms with Gasteiger partial charge in [0.05, 0.1) is 18.3 Å². The van der Waals surface area contributed by atoms with Gasteiger partial charge in [0, 0.05) is 18.6 Å². The molecule has 2 aliphatic rings. The summed E-state index contributed by atoms with van der Waals surface area (Å²) in [6, 6.07) is -0.436. The van der Waals surface area contributed by atoms with E-state index in [0.717, 1.165) is 0 Å². The minimum Gasteiger partial charge on any atom is -0.392 e.